The molecule has 6 aromatic carbocycles. The van der Waals surface area contributed by atoms with Crippen LogP contribution in [0, 0.1) is 26.0 Å². The Hall–Kier alpha value is -5.39. The molecule has 0 saturated carbocycles. The first kappa shape index (κ1) is 38.9. The molecular formula is C50H45IrN3OSi-2. The third-order valence-corrected chi connectivity index (χ3v) is 12.3. The molecule has 0 aliphatic heterocycles. The molecule has 0 fully saturated rings. The Morgan fingerprint density at radius 2 is 1.39 bits per heavy atom. The van der Waals surface area contributed by atoms with Crippen LogP contribution in [0.1, 0.15) is 36.5 Å². The van der Waals surface area contributed by atoms with Gasteiger partial charge in [-0.15, -0.1) is 54.1 Å². The van der Waals surface area contributed by atoms with E-state index in [-0.39, 0.29) is 20.1 Å². The van der Waals surface area contributed by atoms with Crippen LogP contribution in [0.3, 0.4) is 0 Å². The van der Waals surface area contributed by atoms with Crippen LogP contribution in [-0.4, -0.2) is 22.6 Å². The summed E-state index contributed by atoms with van der Waals surface area (Å²) < 4.78 is 8.65. The topological polar surface area (TPSA) is 43.9 Å². The molecule has 9 rings (SSSR count). The monoisotopic (exact) mass is 924 g/mol. The molecule has 0 amide bonds. The second kappa shape index (κ2) is 16.0. The van der Waals surface area contributed by atoms with Crippen molar-refractivity contribution in [2.24, 2.45) is 0 Å². The van der Waals surface area contributed by atoms with Gasteiger partial charge in [0.05, 0.1) is 30.5 Å². The summed E-state index contributed by atoms with van der Waals surface area (Å²) in [5.41, 5.74) is 14.1. The van der Waals surface area contributed by atoms with Gasteiger partial charge in [-0.3, -0.25) is 4.98 Å². The Morgan fingerprint density at radius 1 is 0.696 bits per heavy atom. The van der Waals surface area contributed by atoms with Crippen LogP contribution in [0.15, 0.2) is 144 Å². The summed E-state index contributed by atoms with van der Waals surface area (Å²) in [6.07, 6.45) is 2.09. The number of aromatic nitrogens is 3. The number of benzene rings is 6. The van der Waals surface area contributed by atoms with Crippen molar-refractivity contribution < 1.29 is 24.5 Å². The molecule has 0 saturated heterocycles. The van der Waals surface area contributed by atoms with Crippen LogP contribution >= 0.6 is 0 Å². The van der Waals surface area contributed by atoms with E-state index in [1.165, 1.54) is 33.0 Å². The van der Waals surface area contributed by atoms with Crippen molar-refractivity contribution in [2.75, 3.05) is 0 Å². The molecule has 281 valence electrons. The van der Waals surface area contributed by atoms with Gasteiger partial charge in [-0.25, -0.2) is 0 Å². The zero-order chi connectivity index (χ0) is 38.3. The SMILES string of the molecule is CC(C)c1cc(-c2[c-]cccc2)ncc1[Si](C)(C)C.Cc1cc(-c2ccccc2)cc(C)c1-n1c(-c2[c-]ccc3c2oc2ccccc23)nc2ccccc21.[Ir]. The van der Waals surface area contributed by atoms with Gasteiger partial charge in [0.1, 0.15) is 5.58 Å². The molecule has 0 atom stereocenters. The molecule has 0 bridgehead atoms. The minimum Gasteiger partial charge on any atom is -0.501 e. The van der Waals surface area contributed by atoms with Gasteiger partial charge < -0.3 is 14.0 Å². The Labute approximate surface area is 344 Å². The number of aryl methyl sites for hydroxylation is 2. The normalized spacial score (nSPS) is 11.5. The first-order valence-electron chi connectivity index (χ1n) is 19.0. The number of fused-ring (bicyclic) bond motifs is 4. The molecular weight excluding hydrogens is 879 g/mol. The molecule has 9 aromatic rings. The predicted octanol–water partition coefficient (Wildman–Crippen LogP) is 12.9. The standard InChI is InChI=1S/C33H23N2O.C17H22NSi.Ir/c1-21-19-24(23-11-4-3-5-12-23)20-22(2)31(21)35-29-17-8-7-16-28(29)34-33(35)27-15-10-14-26-25-13-6-9-18-30(25)36-32(26)27;1-13(2)15-11-16(14-9-7-6-8-10-14)18-12-17(15)19(3,4)5;/h3-14,16-20H,1-2H3;6-9,11-13H,1-5H3;/q2*-1;. The van der Waals surface area contributed by atoms with E-state index < -0.39 is 8.07 Å². The maximum Gasteiger partial charge on any atom is 0.120 e. The fourth-order valence-corrected chi connectivity index (χ4v) is 9.34. The van der Waals surface area contributed by atoms with Crippen molar-refractivity contribution >= 4 is 46.2 Å². The Kier molecular flexibility index (Phi) is 11.1. The van der Waals surface area contributed by atoms with Gasteiger partial charge in [0.2, 0.25) is 0 Å². The number of pyridine rings is 1. The van der Waals surface area contributed by atoms with Gasteiger partial charge in [-0.2, -0.15) is 0 Å². The van der Waals surface area contributed by atoms with Gasteiger partial charge in [-0.1, -0.05) is 117 Å². The molecule has 0 aliphatic rings. The summed E-state index contributed by atoms with van der Waals surface area (Å²) in [7, 11) is -1.34. The summed E-state index contributed by atoms with van der Waals surface area (Å²) in [5, 5.41) is 3.65. The summed E-state index contributed by atoms with van der Waals surface area (Å²) in [5.74, 6) is 1.37. The summed E-state index contributed by atoms with van der Waals surface area (Å²) in [4.78, 5) is 9.78. The number of imidazole rings is 1. The average Bonchev–Trinajstić information content (AvgIpc) is 3.77. The fourth-order valence-electron chi connectivity index (χ4n) is 7.66. The minimum atomic E-state index is -1.34. The molecule has 6 heteroatoms. The number of furan rings is 1. The average molecular weight is 924 g/mol. The molecule has 56 heavy (non-hydrogen) atoms. The number of nitrogens with zero attached hydrogens (tertiary/aromatic N) is 3. The molecule has 0 N–H and O–H groups in total. The summed E-state index contributed by atoms with van der Waals surface area (Å²) in [6.45, 7) is 16.0. The number of hydrogen-bond acceptors (Lipinski definition) is 3. The minimum absolute atomic E-state index is 0. The van der Waals surface area contributed by atoms with E-state index in [2.05, 4.69) is 160 Å². The quantitative estimate of drug-likeness (QED) is 0.123. The molecule has 1 radical (unpaired) electrons. The Morgan fingerprint density at radius 3 is 2.11 bits per heavy atom. The van der Waals surface area contributed by atoms with Crippen LogP contribution in [0.25, 0.3) is 72.4 Å². The third-order valence-electron chi connectivity index (χ3n) is 10.3. The van der Waals surface area contributed by atoms with Crippen LogP contribution < -0.4 is 5.19 Å². The maximum absolute atomic E-state index is 6.38. The number of para-hydroxylation sites is 3. The van der Waals surface area contributed by atoms with E-state index in [0.717, 1.165) is 61.3 Å². The van der Waals surface area contributed by atoms with Gasteiger partial charge >= 0.3 is 0 Å². The molecule has 0 spiro atoms. The smallest absolute Gasteiger partial charge is 0.120 e. The summed E-state index contributed by atoms with van der Waals surface area (Å²) >= 11 is 0. The van der Waals surface area contributed by atoms with Crippen molar-refractivity contribution in [1.82, 2.24) is 14.5 Å². The van der Waals surface area contributed by atoms with E-state index in [1.54, 1.807) is 0 Å². The van der Waals surface area contributed by atoms with E-state index >= 15 is 0 Å². The van der Waals surface area contributed by atoms with E-state index in [1.807, 2.05) is 48.5 Å². The van der Waals surface area contributed by atoms with Gasteiger partial charge in [-0.05, 0) is 83.2 Å². The Bertz CT molecular complexity index is 2770. The van der Waals surface area contributed by atoms with E-state index in [4.69, 9.17) is 9.40 Å². The van der Waals surface area contributed by atoms with Crippen molar-refractivity contribution in [3.05, 3.63) is 168 Å². The number of hydrogen-bond donors (Lipinski definition) is 0. The second-order valence-corrected chi connectivity index (χ2v) is 20.7. The molecule has 3 heterocycles. The first-order chi connectivity index (χ1) is 26.6. The van der Waals surface area contributed by atoms with E-state index in [0.29, 0.717) is 5.92 Å². The Balaban J connectivity index is 0.000000205. The molecule has 0 unspecified atom stereocenters. The van der Waals surface area contributed by atoms with Crippen molar-refractivity contribution in [3.8, 4) is 39.5 Å². The first-order valence-corrected chi connectivity index (χ1v) is 22.5. The predicted molar refractivity (Wildman–Crippen MR) is 233 cm³/mol. The third kappa shape index (κ3) is 7.45. The number of rotatable bonds is 6. The van der Waals surface area contributed by atoms with Crippen molar-refractivity contribution in [2.45, 2.75) is 53.3 Å². The van der Waals surface area contributed by atoms with Gasteiger partial charge in [0.15, 0.2) is 0 Å². The second-order valence-electron chi connectivity index (χ2n) is 15.6. The summed E-state index contributed by atoms with van der Waals surface area (Å²) in [6, 6.07) is 52.6. The van der Waals surface area contributed by atoms with Crippen molar-refractivity contribution in [1.29, 1.82) is 0 Å². The fraction of sp³-hybridized carbons (Fsp3) is 0.160. The van der Waals surface area contributed by atoms with Crippen molar-refractivity contribution in [3.63, 3.8) is 0 Å². The van der Waals surface area contributed by atoms with E-state index in [9.17, 15) is 0 Å². The molecule has 4 nitrogen and oxygen atoms in total. The zero-order valence-electron chi connectivity index (χ0n) is 32.9. The van der Waals surface area contributed by atoms with Gasteiger partial charge in [0, 0.05) is 37.4 Å². The molecule has 0 aliphatic carbocycles. The van der Waals surface area contributed by atoms with Crippen LogP contribution in [-0.2, 0) is 20.1 Å². The van der Waals surface area contributed by atoms with Crippen LogP contribution in [0.4, 0.5) is 0 Å². The maximum atomic E-state index is 6.38. The zero-order valence-corrected chi connectivity index (χ0v) is 36.3. The van der Waals surface area contributed by atoms with Gasteiger partial charge in [0.25, 0.3) is 0 Å². The van der Waals surface area contributed by atoms with Crippen LogP contribution in [0.5, 0.6) is 0 Å². The largest absolute Gasteiger partial charge is 0.501 e. The van der Waals surface area contributed by atoms with Crippen LogP contribution in [0.2, 0.25) is 19.6 Å². The molecule has 3 aromatic heterocycles.